The maximum absolute atomic E-state index is 12.1. The van der Waals surface area contributed by atoms with Gasteiger partial charge >= 0.3 is 0 Å². The van der Waals surface area contributed by atoms with E-state index in [0.717, 1.165) is 38.1 Å². The van der Waals surface area contributed by atoms with E-state index >= 15 is 0 Å². The molecule has 1 saturated heterocycles. The van der Waals surface area contributed by atoms with Crippen LogP contribution >= 0.6 is 11.8 Å². The summed E-state index contributed by atoms with van der Waals surface area (Å²) in [5.74, 6) is 1.88. The minimum absolute atomic E-state index is 0.180. The second-order valence-electron chi connectivity index (χ2n) is 5.69. The molecular formula is C15H20N2OS. The quantitative estimate of drug-likeness (QED) is 0.857. The zero-order valence-corrected chi connectivity index (χ0v) is 11.9. The zero-order valence-electron chi connectivity index (χ0n) is 11.0. The van der Waals surface area contributed by atoms with Crippen LogP contribution in [0, 0.1) is 5.92 Å². The van der Waals surface area contributed by atoms with Crippen molar-refractivity contribution < 1.29 is 4.79 Å². The molecule has 0 bridgehead atoms. The van der Waals surface area contributed by atoms with Gasteiger partial charge in [0.2, 0.25) is 5.91 Å². The van der Waals surface area contributed by atoms with E-state index in [2.05, 4.69) is 24.3 Å². The Hall–Kier alpha value is -1.00. The summed E-state index contributed by atoms with van der Waals surface area (Å²) >= 11 is 1.89. The maximum atomic E-state index is 12.1. The Morgan fingerprint density at radius 3 is 2.79 bits per heavy atom. The molecule has 1 aliphatic carbocycles. The Morgan fingerprint density at radius 1 is 1.37 bits per heavy atom. The Bertz CT molecular complexity index is 458. The van der Waals surface area contributed by atoms with Crippen molar-refractivity contribution in [2.75, 3.05) is 18.8 Å². The van der Waals surface area contributed by atoms with Crippen molar-refractivity contribution in [1.29, 1.82) is 0 Å². The van der Waals surface area contributed by atoms with E-state index in [0.29, 0.717) is 5.92 Å². The Morgan fingerprint density at radius 2 is 2.11 bits per heavy atom. The van der Waals surface area contributed by atoms with Crippen molar-refractivity contribution in [3.63, 3.8) is 0 Å². The second-order valence-corrected chi connectivity index (χ2v) is 6.78. The van der Waals surface area contributed by atoms with Crippen LogP contribution in [-0.2, 0) is 4.79 Å². The Balaban J connectivity index is 1.48. The fourth-order valence-corrected chi connectivity index (χ4v) is 3.60. The van der Waals surface area contributed by atoms with Crippen molar-refractivity contribution in [2.45, 2.75) is 29.7 Å². The van der Waals surface area contributed by atoms with E-state index in [9.17, 15) is 4.79 Å². The van der Waals surface area contributed by atoms with E-state index in [1.165, 1.54) is 4.90 Å². The van der Waals surface area contributed by atoms with Gasteiger partial charge in [-0.2, -0.15) is 0 Å². The van der Waals surface area contributed by atoms with Gasteiger partial charge in [-0.25, -0.2) is 0 Å². The van der Waals surface area contributed by atoms with Crippen molar-refractivity contribution in [3.05, 3.63) is 30.3 Å². The molecule has 4 heteroatoms. The number of carbonyl (C=O) groups excluding carboxylic acids is 1. The van der Waals surface area contributed by atoms with Gasteiger partial charge in [0.25, 0.3) is 0 Å². The van der Waals surface area contributed by atoms with Gasteiger partial charge in [-0.05, 0) is 37.3 Å². The maximum Gasteiger partial charge on any atom is 0.242 e. The molecule has 1 atom stereocenters. The number of carbonyl (C=O) groups is 1. The Labute approximate surface area is 118 Å². The van der Waals surface area contributed by atoms with Gasteiger partial charge in [-0.1, -0.05) is 18.2 Å². The first kappa shape index (κ1) is 13.0. The first-order valence-electron chi connectivity index (χ1n) is 6.93. The lowest BCUT2D eigenvalue weighted by Gasteiger charge is -2.20. The van der Waals surface area contributed by atoms with Crippen molar-refractivity contribution in [3.8, 4) is 0 Å². The SMILES string of the molecule is NC1(C(=O)N2CCC(CSc3ccccc3)C2)CC1. The number of nitrogens with zero attached hydrogens (tertiary/aromatic N) is 1. The average Bonchev–Trinajstić information content (AvgIpc) is 3.03. The molecule has 1 heterocycles. The van der Waals surface area contributed by atoms with Gasteiger partial charge in [-0.3, -0.25) is 4.79 Å². The molecule has 0 spiro atoms. The van der Waals surface area contributed by atoms with Crippen molar-refractivity contribution >= 4 is 17.7 Å². The lowest BCUT2D eigenvalue weighted by atomic mass is 10.2. The number of benzene rings is 1. The molecule has 1 aliphatic heterocycles. The second kappa shape index (κ2) is 5.17. The molecule has 1 unspecified atom stereocenters. The fourth-order valence-electron chi connectivity index (χ4n) is 2.55. The third-order valence-electron chi connectivity index (χ3n) is 4.02. The van der Waals surface area contributed by atoms with Crippen LogP contribution in [0.1, 0.15) is 19.3 Å². The van der Waals surface area contributed by atoms with Crippen LogP contribution in [0.2, 0.25) is 0 Å². The van der Waals surface area contributed by atoms with Crippen LogP contribution in [-0.4, -0.2) is 35.2 Å². The van der Waals surface area contributed by atoms with Crippen molar-refractivity contribution in [1.82, 2.24) is 4.90 Å². The van der Waals surface area contributed by atoms with Crippen LogP contribution in [0.4, 0.5) is 0 Å². The Kier molecular flexibility index (Phi) is 3.54. The predicted octanol–water partition coefficient (Wildman–Crippen LogP) is 2.12. The molecule has 0 aromatic heterocycles. The highest BCUT2D eigenvalue weighted by molar-refractivity contribution is 7.99. The number of likely N-dealkylation sites (tertiary alicyclic amines) is 1. The number of rotatable bonds is 4. The predicted molar refractivity (Wildman–Crippen MR) is 78.0 cm³/mol. The third-order valence-corrected chi connectivity index (χ3v) is 5.26. The molecule has 1 aromatic carbocycles. The monoisotopic (exact) mass is 276 g/mol. The van der Waals surface area contributed by atoms with E-state index in [4.69, 9.17) is 5.73 Å². The van der Waals surface area contributed by atoms with Gasteiger partial charge in [0.15, 0.2) is 0 Å². The lowest BCUT2D eigenvalue weighted by molar-refractivity contribution is -0.132. The molecular weight excluding hydrogens is 256 g/mol. The van der Waals surface area contributed by atoms with E-state index < -0.39 is 5.54 Å². The molecule has 19 heavy (non-hydrogen) atoms. The average molecular weight is 276 g/mol. The molecule has 3 rings (SSSR count). The topological polar surface area (TPSA) is 46.3 Å². The standard InChI is InChI=1S/C15H20N2OS/c16-15(7-8-15)14(18)17-9-6-12(10-17)11-19-13-4-2-1-3-5-13/h1-5,12H,6-11,16H2. The van der Waals surface area contributed by atoms with Gasteiger partial charge in [0, 0.05) is 23.7 Å². The third kappa shape index (κ3) is 2.95. The number of amides is 1. The highest BCUT2D eigenvalue weighted by Crippen LogP contribution is 2.36. The summed E-state index contributed by atoms with van der Waals surface area (Å²) in [6.45, 7) is 1.77. The van der Waals surface area contributed by atoms with E-state index in [1.807, 2.05) is 22.7 Å². The number of thioether (sulfide) groups is 1. The molecule has 2 N–H and O–H groups in total. The summed E-state index contributed by atoms with van der Waals surface area (Å²) in [4.78, 5) is 15.4. The minimum atomic E-state index is -0.499. The largest absolute Gasteiger partial charge is 0.341 e. The van der Waals surface area contributed by atoms with Gasteiger partial charge in [-0.15, -0.1) is 11.8 Å². The van der Waals surface area contributed by atoms with E-state index in [1.54, 1.807) is 0 Å². The van der Waals surface area contributed by atoms with Crippen LogP contribution in [0.3, 0.4) is 0 Å². The number of hydrogen-bond donors (Lipinski definition) is 1. The van der Waals surface area contributed by atoms with Crippen LogP contribution < -0.4 is 5.73 Å². The smallest absolute Gasteiger partial charge is 0.242 e. The first-order chi connectivity index (χ1) is 9.17. The number of nitrogens with two attached hydrogens (primary N) is 1. The molecule has 1 amide bonds. The van der Waals surface area contributed by atoms with Gasteiger partial charge in [0.05, 0.1) is 5.54 Å². The highest BCUT2D eigenvalue weighted by atomic mass is 32.2. The number of hydrogen-bond acceptors (Lipinski definition) is 3. The summed E-state index contributed by atoms with van der Waals surface area (Å²) in [5, 5.41) is 0. The van der Waals surface area contributed by atoms with Crippen LogP contribution in [0.25, 0.3) is 0 Å². The van der Waals surface area contributed by atoms with Gasteiger partial charge in [0.1, 0.15) is 0 Å². The summed E-state index contributed by atoms with van der Waals surface area (Å²) < 4.78 is 0. The highest BCUT2D eigenvalue weighted by Gasteiger charge is 2.49. The molecule has 1 aromatic rings. The lowest BCUT2D eigenvalue weighted by Crippen LogP contribution is -2.44. The molecule has 0 radical (unpaired) electrons. The molecule has 1 saturated carbocycles. The summed E-state index contributed by atoms with van der Waals surface area (Å²) in [6.07, 6.45) is 2.85. The molecule has 2 fully saturated rings. The first-order valence-corrected chi connectivity index (χ1v) is 7.92. The minimum Gasteiger partial charge on any atom is -0.341 e. The van der Waals surface area contributed by atoms with Crippen LogP contribution in [0.15, 0.2) is 35.2 Å². The molecule has 102 valence electrons. The fraction of sp³-hybridized carbons (Fsp3) is 0.533. The molecule has 3 nitrogen and oxygen atoms in total. The summed E-state index contributed by atoms with van der Waals surface area (Å²) in [7, 11) is 0. The van der Waals surface area contributed by atoms with Gasteiger partial charge < -0.3 is 10.6 Å². The van der Waals surface area contributed by atoms with E-state index in [-0.39, 0.29) is 5.91 Å². The summed E-state index contributed by atoms with van der Waals surface area (Å²) in [6, 6.07) is 10.5. The van der Waals surface area contributed by atoms with Crippen LogP contribution in [0.5, 0.6) is 0 Å². The van der Waals surface area contributed by atoms with Crippen molar-refractivity contribution in [2.24, 2.45) is 11.7 Å². The normalized spacial score (nSPS) is 24.5. The summed E-state index contributed by atoms with van der Waals surface area (Å²) in [5.41, 5.74) is 5.49. The molecule has 2 aliphatic rings. The zero-order chi connectivity index (χ0) is 13.3.